The second kappa shape index (κ2) is 8.98. The minimum Gasteiger partial charge on any atom is -0.497 e. The molecule has 0 atom stereocenters. The van der Waals surface area contributed by atoms with Crippen LogP contribution in [0.4, 0.5) is 0 Å². The van der Waals surface area contributed by atoms with Crippen molar-refractivity contribution in [2.45, 2.75) is 13.0 Å². The lowest BCUT2D eigenvalue weighted by Gasteiger charge is -2.13. The van der Waals surface area contributed by atoms with Crippen LogP contribution in [0.1, 0.15) is 11.1 Å². The fourth-order valence-corrected chi connectivity index (χ4v) is 2.98. The molecule has 5 heteroatoms. The Labute approximate surface area is 151 Å². The van der Waals surface area contributed by atoms with E-state index in [1.165, 1.54) is 5.56 Å². The molecule has 0 amide bonds. The monoisotopic (exact) mass is 427 g/mol. The van der Waals surface area contributed by atoms with Gasteiger partial charge in [-0.1, -0.05) is 12.1 Å². The first-order valence-electron chi connectivity index (χ1n) is 7.42. The molecule has 2 rings (SSSR count). The van der Waals surface area contributed by atoms with Crippen LogP contribution in [0.2, 0.25) is 0 Å². The summed E-state index contributed by atoms with van der Waals surface area (Å²) in [7, 11) is 5.07. The Hall–Kier alpha value is -1.47. The standard InChI is InChI=1S/C18H22INO3/c1-21-15-6-4-13(5-7-15)12-20-9-8-14-10-18(23-3)16(19)11-17(14)22-2/h4-7,10-11,20H,8-9,12H2,1-3H3. The summed E-state index contributed by atoms with van der Waals surface area (Å²) in [5.74, 6) is 2.67. The molecule has 0 heterocycles. The van der Waals surface area contributed by atoms with Gasteiger partial charge in [-0.05, 0) is 70.9 Å². The van der Waals surface area contributed by atoms with Gasteiger partial charge >= 0.3 is 0 Å². The molecule has 0 fully saturated rings. The van der Waals surface area contributed by atoms with Crippen LogP contribution in [0.25, 0.3) is 0 Å². The van der Waals surface area contributed by atoms with E-state index in [4.69, 9.17) is 14.2 Å². The van der Waals surface area contributed by atoms with Crippen molar-refractivity contribution in [2.75, 3.05) is 27.9 Å². The zero-order valence-corrected chi connectivity index (χ0v) is 15.8. The highest BCUT2D eigenvalue weighted by molar-refractivity contribution is 14.1. The Balaban J connectivity index is 1.90. The quantitative estimate of drug-likeness (QED) is 0.516. The zero-order chi connectivity index (χ0) is 16.7. The van der Waals surface area contributed by atoms with E-state index in [2.05, 4.69) is 46.1 Å². The Morgan fingerprint density at radius 2 is 1.61 bits per heavy atom. The van der Waals surface area contributed by atoms with Gasteiger partial charge < -0.3 is 19.5 Å². The number of halogens is 1. The molecule has 4 nitrogen and oxygen atoms in total. The molecule has 0 radical (unpaired) electrons. The van der Waals surface area contributed by atoms with Crippen LogP contribution in [0.15, 0.2) is 36.4 Å². The van der Waals surface area contributed by atoms with E-state index < -0.39 is 0 Å². The predicted octanol–water partition coefficient (Wildman–Crippen LogP) is 3.65. The van der Waals surface area contributed by atoms with Crippen molar-refractivity contribution in [3.05, 3.63) is 51.1 Å². The first kappa shape index (κ1) is 17.9. The molecule has 0 aliphatic rings. The minimum atomic E-state index is 0.827. The molecule has 0 unspecified atom stereocenters. The molecule has 0 aliphatic carbocycles. The van der Waals surface area contributed by atoms with Crippen LogP contribution in [0.3, 0.4) is 0 Å². The van der Waals surface area contributed by atoms with Crippen molar-refractivity contribution in [1.29, 1.82) is 0 Å². The number of hydrogen-bond donors (Lipinski definition) is 1. The maximum absolute atomic E-state index is 5.46. The van der Waals surface area contributed by atoms with Crippen molar-refractivity contribution >= 4 is 22.6 Å². The summed E-state index contributed by atoms with van der Waals surface area (Å²) in [5, 5.41) is 3.45. The average molecular weight is 427 g/mol. The molecule has 0 aliphatic heterocycles. The van der Waals surface area contributed by atoms with E-state index in [0.29, 0.717) is 0 Å². The molecule has 124 valence electrons. The summed E-state index contributed by atoms with van der Waals surface area (Å²) in [6, 6.07) is 12.2. The highest BCUT2D eigenvalue weighted by atomic mass is 127. The van der Waals surface area contributed by atoms with E-state index in [1.54, 1.807) is 21.3 Å². The molecular weight excluding hydrogens is 405 g/mol. The lowest BCUT2D eigenvalue weighted by Crippen LogP contribution is -2.17. The number of ether oxygens (including phenoxy) is 3. The summed E-state index contributed by atoms with van der Waals surface area (Å²) in [6.45, 7) is 1.69. The highest BCUT2D eigenvalue weighted by Gasteiger charge is 2.09. The molecule has 0 spiro atoms. The van der Waals surface area contributed by atoms with Gasteiger partial charge in [-0.15, -0.1) is 0 Å². The Kier molecular flexibility index (Phi) is 6.98. The summed E-state index contributed by atoms with van der Waals surface area (Å²) in [5.41, 5.74) is 2.38. The fraction of sp³-hybridized carbons (Fsp3) is 0.333. The van der Waals surface area contributed by atoms with E-state index in [1.807, 2.05) is 18.2 Å². The maximum Gasteiger partial charge on any atom is 0.132 e. The van der Waals surface area contributed by atoms with Gasteiger partial charge in [0.1, 0.15) is 17.2 Å². The molecule has 2 aromatic rings. The molecule has 0 saturated heterocycles. The third-order valence-corrected chi connectivity index (χ3v) is 4.46. The largest absolute Gasteiger partial charge is 0.497 e. The van der Waals surface area contributed by atoms with Crippen LogP contribution >= 0.6 is 22.6 Å². The van der Waals surface area contributed by atoms with E-state index in [0.717, 1.165) is 45.9 Å². The van der Waals surface area contributed by atoms with Crippen LogP contribution in [-0.2, 0) is 13.0 Å². The Morgan fingerprint density at radius 3 is 2.22 bits per heavy atom. The highest BCUT2D eigenvalue weighted by Crippen LogP contribution is 2.30. The summed E-state index contributed by atoms with van der Waals surface area (Å²) >= 11 is 2.25. The molecule has 0 bridgehead atoms. The first-order chi connectivity index (χ1) is 11.2. The summed E-state index contributed by atoms with van der Waals surface area (Å²) in [4.78, 5) is 0. The van der Waals surface area contributed by atoms with Gasteiger partial charge in [-0.2, -0.15) is 0 Å². The second-order valence-electron chi connectivity index (χ2n) is 5.07. The van der Waals surface area contributed by atoms with Gasteiger partial charge in [-0.25, -0.2) is 0 Å². The average Bonchev–Trinajstić information content (AvgIpc) is 2.59. The first-order valence-corrected chi connectivity index (χ1v) is 8.50. The number of benzene rings is 2. The third kappa shape index (κ3) is 5.00. The van der Waals surface area contributed by atoms with Gasteiger partial charge in [0.15, 0.2) is 0 Å². The van der Waals surface area contributed by atoms with Gasteiger partial charge in [-0.3, -0.25) is 0 Å². The van der Waals surface area contributed by atoms with Crippen molar-refractivity contribution in [3.63, 3.8) is 0 Å². The van der Waals surface area contributed by atoms with Crippen LogP contribution < -0.4 is 19.5 Å². The van der Waals surface area contributed by atoms with E-state index >= 15 is 0 Å². The second-order valence-corrected chi connectivity index (χ2v) is 6.24. The van der Waals surface area contributed by atoms with Crippen molar-refractivity contribution in [1.82, 2.24) is 5.32 Å². The Morgan fingerprint density at radius 1 is 0.913 bits per heavy atom. The number of hydrogen-bond acceptors (Lipinski definition) is 4. The van der Waals surface area contributed by atoms with Crippen molar-refractivity contribution in [2.24, 2.45) is 0 Å². The van der Waals surface area contributed by atoms with Crippen molar-refractivity contribution in [3.8, 4) is 17.2 Å². The van der Waals surface area contributed by atoms with E-state index in [9.17, 15) is 0 Å². The molecular formula is C18H22INO3. The number of methoxy groups -OCH3 is 3. The zero-order valence-electron chi connectivity index (χ0n) is 13.7. The van der Waals surface area contributed by atoms with Gasteiger partial charge in [0.25, 0.3) is 0 Å². The number of rotatable bonds is 8. The minimum absolute atomic E-state index is 0.827. The lowest BCUT2D eigenvalue weighted by atomic mass is 10.1. The normalized spacial score (nSPS) is 10.4. The number of nitrogens with one attached hydrogen (secondary N) is 1. The molecule has 1 N–H and O–H groups in total. The maximum atomic E-state index is 5.46. The molecule has 23 heavy (non-hydrogen) atoms. The third-order valence-electron chi connectivity index (χ3n) is 3.61. The predicted molar refractivity (Wildman–Crippen MR) is 101 cm³/mol. The van der Waals surface area contributed by atoms with Gasteiger partial charge in [0.2, 0.25) is 0 Å². The summed E-state index contributed by atoms with van der Waals surface area (Å²) < 4.78 is 17.1. The van der Waals surface area contributed by atoms with Crippen LogP contribution in [0.5, 0.6) is 17.2 Å². The fourth-order valence-electron chi connectivity index (χ4n) is 2.32. The smallest absolute Gasteiger partial charge is 0.132 e. The molecule has 2 aromatic carbocycles. The SMILES string of the molecule is COc1ccc(CNCCc2cc(OC)c(I)cc2OC)cc1. The van der Waals surface area contributed by atoms with E-state index in [-0.39, 0.29) is 0 Å². The van der Waals surface area contributed by atoms with Crippen LogP contribution in [-0.4, -0.2) is 27.9 Å². The topological polar surface area (TPSA) is 39.7 Å². The van der Waals surface area contributed by atoms with Crippen LogP contribution in [0, 0.1) is 3.57 Å². The van der Waals surface area contributed by atoms with Crippen molar-refractivity contribution < 1.29 is 14.2 Å². The Bertz CT molecular complexity index is 629. The lowest BCUT2D eigenvalue weighted by molar-refractivity contribution is 0.396. The molecule has 0 saturated carbocycles. The van der Waals surface area contributed by atoms with Gasteiger partial charge in [0, 0.05) is 6.54 Å². The summed E-state index contributed by atoms with van der Waals surface area (Å²) in [6.07, 6.45) is 0.882. The molecule has 0 aromatic heterocycles. The van der Waals surface area contributed by atoms with Gasteiger partial charge in [0.05, 0.1) is 24.9 Å².